The lowest BCUT2D eigenvalue weighted by atomic mass is 9.74. The monoisotopic (exact) mass is 343 g/mol. The van der Waals surface area contributed by atoms with Crippen LogP contribution >= 0.6 is 11.6 Å². The summed E-state index contributed by atoms with van der Waals surface area (Å²) in [5.74, 6) is 0.323. The highest BCUT2D eigenvalue weighted by atomic mass is 35.5. The molecule has 0 aromatic heterocycles. The molecule has 0 aliphatic heterocycles. The Bertz CT molecular complexity index is 677. The van der Waals surface area contributed by atoms with Crippen LogP contribution in [-0.4, -0.2) is 16.6 Å². The van der Waals surface area contributed by atoms with Gasteiger partial charge in [-0.3, -0.25) is 4.79 Å². The van der Waals surface area contributed by atoms with Gasteiger partial charge in [-0.1, -0.05) is 41.9 Å². The Hall–Kier alpha value is -1.84. The molecule has 0 bridgehead atoms. The fourth-order valence-electron chi connectivity index (χ4n) is 3.43. The van der Waals surface area contributed by atoms with Crippen LogP contribution in [0.15, 0.2) is 54.6 Å². The minimum atomic E-state index is -0.901. The standard InChI is InChI=1S/C20H22ClNO2/c21-17-6-8-18(9-7-17)22-19(23)14-20(24)12-10-16(11-13-20)15-4-2-1-3-5-15/h1-9,16,24H,10-14H2,(H,22,23)/t16-,20-. The van der Waals surface area contributed by atoms with Gasteiger partial charge in [0.25, 0.3) is 0 Å². The molecule has 2 aromatic carbocycles. The zero-order valence-electron chi connectivity index (χ0n) is 13.5. The first-order valence-electron chi connectivity index (χ1n) is 8.37. The van der Waals surface area contributed by atoms with E-state index in [1.807, 2.05) is 6.07 Å². The molecular weight excluding hydrogens is 322 g/mol. The van der Waals surface area contributed by atoms with Crippen molar-refractivity contribution in [3.05, 3.63) is 65.2 Å². The lowest BCUT2D eigenvalue weighted by Gasteiger charge is -2.35. The first kappa shape index (κ1) is 17.0. The number of benzene rings is 2. The number of hydrogen-bond donors (Lipinski definition) is 2. The molecule has 0 heterocycles. The minimum absolute atomic E-state index is 0.136. The number of nitrogens with one attached hydrogen (secondary N) is 1. The van der Waals surface area contributed by atoms with Gasteiger partial charge in [0.2, 0.25) is 5.91 Å². The number of carbonyl (C=O) groups is 1. The maximum atomic E-state index is 12.2. The van der Waals surface area contributed by atoms with Crippen LogP contribution in [0.1, 0.15) is 43.6 Å². The quantitative estimate of drug-likeness (QED) is 0.841. The van der Waals surface area contributed by atoms with Gasteiger partial charge in [0.1, 0.15) is 0 Å². The molecule has 0 spiro atoms. The van der Waals surface area contributed by atoms with Crippen molar-refractivity contribution in [3.63, 3.8) is 0 Å². The molecule has 0 radical (unpaired) electrons. The molecule has 0 saturated heterocycles. The summed E-state index contributed by atoms with van der Waals surface area (Å²) in [6.45, 7) is 0. The molecular formula is C20H22ClNO2. The topological polar surface area (TPSA) is 49.3 Å². The fraction of sp³-hybridized carbons (Fsp3) is 0.350. The van der Waals surface area contributed by atoms with Gasteiger partial charge in [-0.25, -0.2) is 0 Å². The predicted molar refractivity (Wildman–Crippen MR) is 97.3 cm³/mol. The average Bonchev–Trinajstić information content (AvgIpc) is 2.58. The van der Waals surface area contributed by atoms with E-state index < -0.39 is 5.60 Å². The average molecular weight is 344 g/mol. The van der Waals surface area contributed by atoms with Gasteiger partial charge < -0.3 is 10.4 Å². The Kier molecular flexibility index (Phi) is 5.22. The van der Waals surface area contributed by atoms with Crippen LogP contribution < -0.4 is 5.32 Å². The normalized spacial score (nSPS) is 23.7. The summed E-state index contributed by atoms with van der Waals surface area (Å²) in [7, 11) is 0. The molecule has 1 fully saturated rings. The van der Waals surface area contributed by atoms with Crippen molar-refractivity contribution < 1.29 is 9.90 Å². The number of anilines is 1. The van der Waals surface area contributed by atoms with E-state index in [-0.39, 0.29) is 12.3 Å². The van der Waals surface area contributed by atoms with Gasteiger partial charge in [-0.2, -0.15) is 0 Å². The maximum absolute atomic E-state index is 12.2. The zero-order chi connectivity index (χ0) is 17.0. The molecule has 126 valence electrons. The van der Waals surface area contributed by atoms with Crippen molar-refractivity contribution in [1.29, 1.82) is 0 Å². The van der Waals surface area contributed by atoms with Gasteiger partial charge in [-0.15, -0.1) is 0 Å². The molecule has 1 amide bonds. The predicted octanol–water partition coefficient (Wildman–Crippen LogP) is 4.76. The van der Waals surface area contributed by atoms with Crippen LogP contribution in [0.25, 0.3) is 0 Å². The van der Waals surface area contributed by atoms with Crippen molar-refractivity contribution in [1.82, 2.24) is 0 Å². The van der Waals surface area contributed by atoms with Crippen LogP contribution in [0.2, 0.25) is 5.02 Å². The first-order valence-corrected chi connectivity index (χ1v) is 8.75. The number of amides is 1. The van der Waals surface area contributed by atoms with E-state index in [2.05, 4.69) is 29.6 Å². The van der Waals surface area contributed by atoms with Crippen LogP contribution in [0.4, 0.5) is 5.69 Å². The van der Waals surface area contributed by atoms with E-state index in [4.69, 9.17) is 11.6 Å². The molecule has 1 aliphatic rings. The Morgan fingerprint density at radius 2 is 1.71 bits per heavy atom. The molecule has 2 N–H and O–H groups in total. The highest BCUT2D eigenvalue weighted by Crippen LogP contribution is 2.39. The molecule has 24 heavy (non-hydrogen) atoms. The lowest BCUT2D eigenvalue weighted by Crippen LogP contribution is -2.37. The summed E-state index contributed by atoms with van der Waals surface area (Å²) in [6, 6.07) is 17.4. The smallest absolute Gasteiger partial charge is 0.227 e. The number of aliphatic hydroxyl groups is 1. The van der Waals surface area contributed by atoms with E-state index in [9.17, 15) is 9.90 Å². The van der Waals surface area contributed by atoms with Crippen LogP contribution in [0, 0.1) is 0 Å². The number of rotatable bonds is 4. The van der Waals surface area contributed by atoms with Gasteiger partial charge in [0.05, 0.1) is 12.0 Å². The van der Waals surface area contributed by atoms with Crippen molar-refractivity contribution in [2.45, 2.75) is 43.6 Å². The summed E-state index contributed by atoms with van der Waals surface area (Å²) >= 11 is 5.84. The van der Waals surface area contributed by atoms with Crippen molar-refractivity contribution >= 4 is 23.2 Å². The van der Waals surface area contributed by atoms with Gasteiger partial charge in [0.15, 0.2) is 0 Å². The first-order chi connectivity index (χ1) is 11.5. The highest BCUT2D eigenvalue weighted by molar-refractivity contribution is 6.30. The molecule has 0 unspecified atom stereocenters. The number of halogens is 1. The third-order valence-electron chi connectivity index (χ3n) is 4.80. The van der Waals surface area contributed by atoms with E-state index in [1.54, 1.807) is 24.3 Å². The maximum Gasteiger partial charge on any atom is 0.227 e. The molecule has 3 rings (SSSR count). The second-order valence-corrected chi connectivity index (χ2v) is 7.08. The molecule has 1 aliphatic carbocycles. The second kappa shape index (κ2) is 7.37. The molecule has 1 saturated carbocycles. The Morgan fingerprint density at radius 1 is 1.08 bits per heavy atom. The highest BCUT2D eigenvalue weighted by Gasteiger charge is 2.35. The summed E-state index contributed by atoms with van der Waals surface area (Å²) in [5.41, 5.74) is 1.12. The van der Waals surface area contributed by atoms with Crippen molar-refractivity contribution in [2.24, 2.45) is 0 Å². The summed E-state index contributed by atoms with van der Waals surface area (Å²) in [6.07, 6.45) is 3.27. The van der Waals surface area contributed by atoms with Crippen LogP contribution in [0.5, 0.6) is 0 Å². The molecule has 2 aromatic rings. The largest absolute Gasteiger partial charge is 0.389 e. The number of carbonyl (C=O) groups excluding carboxylic acids is 1. The Morgan fingerprint density at radius 3 is 2.33 bits per heavy atom. The van der Waals surface area contributed by atoms with Gasteiger partial charge in [0, 0.05) is 10.7 Å². The van der Waals surface area contributed by atoms with Crippen molar-refractivity contribution in [3.8, 4) is 0 Å². The third-order valence-corrected chi connectivity index (χ3v) is 5.06. The fourth-order valence-corrected chi connectivity index (χ4v) is 3.55. The van der Waals surface area contributed by atoms with Crippen LogP contribution in [0.3, 0.4) is 0 Å². The SMILES string of the molecule is O=C(C[C@]1(O)CC[C@H](c2ccccc2)CC1)Nc1ccc(Cl)cc1. The van der Waals surface area contributed by atoms with Gasteiger partial charge >= 0.3 is 0 Å². The van der Waals surface area contributed by atoms with Gasteiger partial charge in [-0.05, 0) is 61.4 Å². The number of hydrogen-bond acceptors (Lipinski definition) is 2. The van der Waals surface area contributed by atoms with E-state index >= 15 is 0 Å². The Balaban J connectivity index is 1.54. The summed E-state index contributed by atoms with van der Waals surface area (Å²) < 4.78 is 0. The Labute approximate surface area is 147 Å². The zero-order valence-corrected chi connectivity index (χ0v) is 14.3. The molecule has 0 atom stereocenters. The summed E-state index contributed by atoms with van der Waals surface area (Å²) in [4.78, 5) is 12.2. The van der Waals surface area contributed by atoms with E-state index in [1.165, 1.54) is 5.56 Å². The van der Waals surface area contributed by atoms with E-state index in [0.717, 1.165) is 12.8 Å². The molecule has 4 heteroatoms. The van der Waals surface area contributed by atoms with Crippen molar-refractivity contribution in [2.75, 3.05) is 5.32 Å². The molecule has 3 nitrogen and oxygen atoms in total. The van der Waals surface area contributed by atoms with Crippen LogP contribution in [-0.2, 0) is 4.79 Å². The second-order valence-electron chi connectivity index (χ2n) is 6.64. The third kappa shape index (κ3) is 4.37. The summed E-state index contributed by atoms with van der Waals surface area (Å²) in [5, 5.41) is 14.2. The minimum Gasteiger partial charge on any atom is -0.389 e. The lowest BCUT2D eigenvalue weighted by molar-refractivity contribution is -0.122. The van der Waals surface area contributed by atoms with E-state index in [0.29, 0.717) is 29.5 Å².